The van der Waals surface area contributed by atoms with Crippen molar-refractivity contribution in [3.8, 4) is 50.9 Å². The molecule has 0 aliphatic carbocycles. The van der Waals surface area contributed by atoms with Gasteiger partial charge in [-0.05, 0) is 65.7 Å². The van der Waals surface area contributed by atoms with Crippen molar-refractivity contribution < 1.29 is 14.9 Å². The zero-order valence-electron chi connectivity index (χ0n) is 15.0. The zero-order chi connectivity index (χ0) is 19.1. The van der Waals surface area contributed by atoms with Crippen molar-refractivity contribution in [2.45, 2.75) is 6.61 Å². The molecule has 0 amide bonds. The standard InChI is InChI=1S/C24H17NO3/c26-17-10-8-15(9-11-17)22-13-20(16-4-3-5-18(27)12-16)21-14-28-23-7-2-1-6-19(23)24(21)25-22/h1-13,26-27H,14H2. The number of phenolic OH excluding ortho intramolecular Hbond substituents is 2. The number of aromatic hydroxyl groups is 2. The van der Waals surface area contributed by atoms with Crippen molar-refractivity contribution >= 4 is 0 Å². The van der Waals surface area contributed by atoms with Crippen LogP contribution in [0.2, 0.25) is 0 Å². The number of fused-ring (bicyclic) bond motifs is 3. The Morgan fingerprint density at radius 3 is 2.36 bits per heavy atom. The molecule has 2 heterocycles. The van der Waals surface area contributed by atoms with Gasteiger partial charge in [0.2, 0.25) is 0 Å². The molecule has 0 spiro atoms. The SMILES string of the molecule is Oc1ccc(-c2cc(-c3cccc(O)c3)c3c(n2)-c2ccccc2OC3)cc1. The summed E-state index contributed by atoms with van der Waals surface area (Å²) in [5, 5.41) is 19.6. The first-order chi connectivity index (χ1) is 13.7. The highest BCUT2D eigenvalue weighted by atomic mass is 16.5. The molecule has 0 bridgehead atoms. The Hall–Kier alpha value is -3.79. The lowest BCUT2D eigenvalue weighted by atomic mass is 9.92. The third kappa shape index (κ3) is 2.76. The average molecular weight is 367 g/mol. The molecule has 4 aromatic rings. The maximum Gasteiger partial charge on any atom is 0.129 e. The van der Waals surface area contributed by atoms with E-state index in [4.69, 9.17) is 9.72 Å². The molecule has 2 N–H and O–H groups in total. The molecule has 136 valence electrons. The summed E-state index contributed by atoms with van der Waals surface area (Å²) < 4.78 is 5.97. The van der Waals surface area contributed by atoms with Crippen LogP contribution >= 0.6 is 0 Å². The van der Waals surface area contributed by atoms with E-state index in [2.05, 4.69) is 0 Å². The molecule has 28 heavy (non-hydrogen) atoms. The lowest BCUT2D eigenvalue weighted by Crippen LogP contribution is -2.09. The molecule has 0 radical (unpaired) electrons. The van der Waals surface area contributed by atoms with Gasteiger partial charge in [-0.3, -0.25) is 0 Å². The molecule has 3 aromatic carbocycles. The van der Waals surface area contributed by atoms with Crippen LogP contribution in [-0.4, -0.2) is 15.2 Å². The minimum atomic E-state index is 0.214. The van der Waals surface area contributed by atoms with E-state index in [0.29, 0.717) is 6.61 Å². The van der Waals surface area contributed by atoms with Gasteiger partial charge in [-0.1, -0.05) is 24.3 Å². The average Bonchev–Trinajstić information content (AvgIpc) is 2.73. The number of ether oxygens (including phenoxy) is 1. The van der Waals surface area contributed by atoms with Crippen LogP contribution in [0.3, 0.4) is 0 Å². The van der Waals surface area contributed by atoms with Crippen LogP contribution in [0, 0.1) is 0 Å². The normalized spacial score (nSPS) is 12.0. The summed E-state index contributed by atoms with van der Waals surface area (Å²) in [6.07, 6.45) is 0. The fraction of sp³-hybridized carbons (Fsp3) is 0.0417. The number of hydrogen-bond acceptors (Lipinski definition) is 4. The maximum absolute atomic E-state index is 9.98. The molecule has 0 saturated heterocycles. The Bertz CT molecular complexity index is 1180. The van der Waals surface area contributed by atoms with Crippen LogP contribution in [0.5, 0.6) is 17.2 Å². The third-order valence-corrected chi connectivity index (χ3v) is 4.96. The van der Waals surface area contributed by atoms with Gasteiger partial charge in [0.1, 0.15) is 23.9 Å². The molecule has 0 saturated carbocycles. The van der Waals surface area contributed by atoms with E-state index in [1.165, 1.54) is 0 Å². The number of hydrogen-bond donors (Lipinski definition) is 2. The summed E-state index contributed by atoms with van der Waals surface area (Å²) in [5.74, 6) is 1.24. The molecule has 1 aliphatic rings. The van der Waals surface area contributed by atoms with Crippen molar-refractivity contribution in [2.75, 3.05) is 0 Å². The van der Waals surface area contributed by atoms with Crippen LogP contribution < -0.4 is 4.74 Å². The number of aromatic nitrogens is 1. The Morgan fingerprint density at radius 1 is 0.714 bits per heavy atom. The fourth-order valence-corrected chi connectivity index (χ4v) is 3.59. The monoisotopic (exact) mass is 367 g/mol. The fourth-order valence-electron chi connectivity index (χ4n) is 3.59. The van der Waals surface area contributed by atoms with Crippen molar-refractivity contribution in [1.82, 2.24) is 4.98 Å². The molecule has 5 rings (SSSR count). The van der Waals surface area contributed by atoms with Crippen molar-refractivity contribution in [3.63, 3.8) is 0 Å². The Labute approximate surface area is 162 Å². The maximum atomic E-state index is 9.98. The molecule has 4 nitrogen and oxygen atoms in total. The van der Waals surface area contributed by atoms with Crippen LogP contribution in [-0.2, 0) is 6.61 Å². The summed E-state index contributed by atoms with van der Waals surface area (Å²) >= 11 is 0. The van der Waals surface area contributed by atoms with E-state index >= 15 is 0 Å². The highest BCUT2D eigenvalue weighted by molar-refractivity contribution is 5.84. The Kier molecular flexibility index (Phi) is 3.76. The number of benzene rings is 3. The molecule has 4 heteroatoms. The topological polar surface area (TPSA) is 62.6 Å². The minimum Gasteiger partial charge on any atom is -0.508 e. The molecule has 0 unspecified atom stereocenters. The van der Waals surface area contributed by atoms with E-state index in [0.717, 1.165) is 45.0 Å². The highest BCUT2D eigenvalue weighted by Gasteiger charge is 2.23. The van der Waals surface area contributed by atoms with Gasteiger partial charge in [0.15, 0.2) is 0 Å². The summed E-state index contributed by atoms with van der Waals surface area (Å²) in [7, 11) is 0. The second kappa shape index (κ2) is 6.43. The second-order valence-electron chi connectivity index (χ2n) is 6.76. The Balaban J connectivity index is 1.79. The van der Waals surface area contributed by atoms with Gasteiger partial charge in [0.25, 0.3) is 0 Å². The van der Waals surface area contributed by atoms with Crippen LogP contribution in [0.15, 0.2) is 78.9 Å². The van der Waals surface area contributed by atoms with E-state index in [-0.39, 0.29) is 11.5 Å². The summed E-state index contributed by atoms with van der Waals surface area (Å²) in [6, 6.07) is 24.1. The number of para-hydroxylation sites is 1. The molecule has 0 atom stereocenters. The summed E-state index contributed by atoms with van der Waals surface area (Å²) in [4.78, 5) is 4.94. The van der Waals surface area contributed by atoms with Gasteiger partial charge in [-0.2, -0.15) is 0 Å². The van der Waals surface area contributed by atoms with Gasteiger partial charge < -0.3 is 14.9 Å². The molecule has 1 aliphatic heterocycles. The van der Waals surface area contributed by atoms with Gasteiger partial charge in [-0.25, -0.2) is 4.98 Å². The summed E-state index contributed by atoms with van der Waals surface area (Å²) in [5.41, 5.74) is 6.41. The first kappa shape index (κ1) is 16.4. The predicted molar refractivity (Wildman–Crippen MR) is 108 cm³/mol. The quantitative estimate of drug-likeness (QED) is 0.499. The van der Waals surface area contributed by atoms with Gasteiger partial charge in [0, 0.05) is 16.7 Å². The first-order valence-electron chi connectivity index (χ1n) is 9.04. The van der Waals surface area contributed by atoms with Crippen molar-refractivity contribution in [3.05, 3.63) is 84.4 Å². The zero-order valence-corrected chi connectivity index (χ0v) is 15.0. The van der Waals surface area contributed by atoms with E-state index in [1.54, 1.807) is 24.3 Å². The largest absolute Gasteiger partial charge is 0.508 e. The van der Waals surface area contributed by atoms with E-state index in [9.17, 15) is 10.2 Å². The van der Waals surface area contributed by atoms with Crippen molar-refractivity contribution in [1.29, 1.82) is 0 Å². The van der Waals surface area contributed by atoms with Gasteiger partial charge in [0.05, 0.1) is 11.4 Å². The van der Waals surface area contributed by atoms with Crippen LogP contribution in [0.1, 0.15) is 5.56 Å². The van der Waals surface area contributed by atoms with Crippen LogP contribution in [0.4, 0.5) is 0 Å². The van der Waals surface area contributed by atoms with E-state index < -0.39 is 0 Å². The number of pyridine rings is 1. The van der Waals surface area contributed by atoms with Crippen molar-refractivity contribution in [2.24, 2.45) is 0 Å². The van der Waals surface area contributed by atoms with Crippen LogP contribution in [0.25, 0.3) is 33.6 Å². The van der Waals surface area contributed by atoms with Gasteiger partial charge >= 0.3 is 0 Å². The molecular weight excluding hydrogens is 350 g/mol. The number of phenols is 2. The number of nitrogens with zero attached hydrogens (tertiary/aromatic N) is 1. The molecule has 1 aromatic heterocycles. The van der Waals surface area contributed by atoms with Gasteiger partial charge in [-0.15, -0.1) is 0 Å². The first-order valence-corrected chi connectivity index (χ1v) is 9.04. The predicted octanol–water partition coefficient (Wildman–Crippen LogP) is 5.39. The number of rotatable bonds is 2. The molecular formula is C24H17NO3. The second-order valence-corrected chi connectivity index (χ2v) is 6.76. The lowest BCUT2D eigenvalue weighted by molar-refractivity contribution is 0.302. The minimum absolute atomic E-state index is 0.214. The highest BCUT2D eigenvalue weighted by Crippen LogP contribution is 2.42. The molecule has 0 fully saturated rings. The third-order valence-electron chi connectivity index (χ3n) is 4.96. The Morgan fingerprint density at radius 2 is 1.54 bits per heavy atom. The summed E-state index contributed by atoms with van der Waals surface area (Å²) in [6.45, 7) is 0.417. The smallest absolute Gasteiger partial charge is 0.129 e. The lowest BCUT2D eigenvalue weighted by Gasteiger charge is -2.23. The van der Waals surface area contributed by atoms with E-state index in [1.807, 2.05) is 54.6 Å².